The van der Waals surface area contributed by atoms with E-state index in [2.05, 4.69) is 50.8 Å². The minimum atomic E-state index is -0.835. The molecule has 0 amide bonds. The number of carbonyl (C=O) groups excluding carboxylic acids is 1. The zero-order chi connectivity index (χ0) is 23.9. The van der Waals surface area contributed by atoms with Gasteiger partial charge in [0.15, 0.2) is 0 Å². The topological polar surface area (TPSA) is 26.3 Å². The molecule has 0 aliphatic rings. The average Bonchev–Trinajstić information content (AvgIpc) is 2.79. The molecule has 0 spiro atoms. The zero-order valence-electron chi connectivity index (χ0n) is 21.6. The van der Waals surface area contributed by atoms with E-state index in [-0.39, 0.29) is 5.97 Å². The van der Waals surface area contributed by atoms with Crippen molar-refractivity contribution in [2.24, 2.45) is 0 Å². The predicted octanol–water partition coefficient (Wildman–Crippen LogP) is 9.25. The Morgan fingerprint density at radius 3 is 1.70 bits per heavy atom. The van der Waals surface area contributed by atoms with E-state index in [9.17, 15) is 4.79 Å². The number of benzene rings is 2. The summed E-state index contributed by atoms with van der Waals surface area (Å²) in [5.41, 5.74) is 3.21. The van der Waals surface area contributed by atoms with E-state index >= 15 is 0 Å². The maximum absolute atomic E-state index is 12.4. The second-order valence-electron chi connectivity index (χ2n) is 10.7. The minimum absolute atomic E-state index is 0.285. The third kappa shape index (κ3) is 12.2. The summed E-state index contributed by atoms with van der Waals surface area (Å²) in [4.78, 5) is 12.4. The highest BCUT2D eigenvalue weighted by atomic mass is 28.3. The monoisotopic (exact) mass is 466 g/mol. The highest BCUT2D eigenvalue weighted by Crippen LogP contribution is 2.18. The summed E-state index contributed by atoms with van der Waals surface area (Å²) in [6.45, 7) is 9.61. The van der Waals surface area contributed by atoms with Gasteiger partial charge in [0.1, 0.15) is 5.75 Å². The Morgan fingerprint density at radius 2 is 1.15 bits per heavy atom. The zero-order valence-corrected chi connectivity index (χ0v) is 22.6. The van der Waals surface area contributed by atoms with Crippen LogP contribution in [0.2, 0.25) is 25.7 Å². The molecule has 0 saturated heterocycles. The number of esters is 1. The highest BCUT2D eigenvalue weighted by molar-refractivity contribution is 6.76. The largest absolute Gasteiger partial charge is 0.423 e. The first-order valence-corrected chi connectivity index (χ1v) is 17.0. The first-order chi connectivity index (χ1) is 15.9. The van der Waals surface area contributed by atoms with E-state index in [0.717, 1.165) is 12.8 Å². The van der Waals surface area contributed by atoms with E-state index in [4.69, 9.17) is 4.74 Å². The van der Waals surface area contributed by atoms with Crippen molar-refractivity contribution in [2.45, 2.75) is 110 Å². The van der Waals surface area contributed by atoms with E-state index in [1.54, 1.807) is 0 Å². The van der Waals surface area contributed by atoms with Crippen LogP contribution in [0.5, 0.6) is 5.75 Å². The molecule has 2 nitrogen and oxygen atoms in total. The van der Waals surface area contributed by atoms with Gasteiger partial charge in [-0.1, -0.05) is 108 Å². The summed E-state index contributed by atoms with van der Waals surface area (Å²) in [7, 11) is -0.835. The van der Waals surface area contributed by atoms with Gasteiger partial charge < -0.3 is 4.74 Å². The molecule has 0 unspecified atom stereocenters. The van der Waals surface area contributed by atoms with Crippen LogP contribution < -0.4 is 4.74 Å². The predicted molar refractivity (Wildman–Crippen MR) is 145 cm³/mol. The van der Waals surface area contributed by atoms with Gasteiger partial charge in [-0.15, -0.1) is 0 Å². The molecule has 2 rings (SSSR count). The Bertz CT molecular complexity index is 788. The van der Waals surface area contributed by atoms with Crippen molar-refractivity contribution in [3.05, 3.63) is 65.2 Å². The van der Waals surface area contributed by atoms with Gasteiger partial charge in [0.05, 0.1) is 5.56 Å². The summed E-state index contributed by atoms with van der Waals surface area (Å²) >= 11 is 0. The molecule has 0 atom stereocenters. The molecule has 0 bridgehead atoms. The quantitative estimate of drug-likeness (QED) is 0.107. The van der Waals surface area contributed by atoms with Crippen LogP contribution in [0.15, 0.2) is 48.5 Å². The lowest BCUT2D eigenvalue weighted by molar-refractivity contribution is 0.0734. The normalized spacial score (nSPS) is 11.5. The van der Waals surface area contributed by atoms with Crippen LogP contribution in [-0.4, -0.2) is 14.0 Å². The number of aryl methyl sites for hydroxylation is 2. The molecule has 182 valence electrons. The number of unbranched alkanes of at least 4 members (excludes halogenated alkanes) is 8. The molecule has 0 aliphatic carbocycles. The minimum Gasteiger partial charge on any atom is -0.423 e. The van der Waals surface area contributed by atoms with Crippen LogP contribution >= 0.6 is 0 Å². The van der Waals surface area contributed by atoms with Gasteiger partial charge in [0.25, 0.3) is 0 Å². The number of ether oxygens (including phenoxy) is 1. The summed E-state index contributed by atoms with van der Waals surface area (Å²) in [6, 6.07) is 17.3. The number of hydrogen-bond donors (Lipinski definition) is 0. The Hall–Kier alpha value is -1.87. The Labute approximate surface area is 204 Å². The van der Waals surface area contributed by atoms with Gasteiger partial charge in [-0.05, 0) is 61.1 Å². The first kappa shape index (κ1) is 27.4. The lowest BCUT2D eigenvalue weighted by Gasteiger charge is -2.14. The van der Waals surface area contributed by atoms with Gasteiger partial charge >= 0.3 is 5.97 Å². The van der Waals surface area contributed by atoms with E-state index in [1.807, 2.05) is 24.3 Å². The molecule has 2 aromatic rings. The third-order valence-electron chi connectivity index (χ3n) is 6.28. The second kappa shape index (κ2) is 15.1. The molecular weight excluding hydrogens is 420 g/mol. The Balaban J connectivity index is 1.59. The standard InChI is InChI=1S/C30H46O2Si/c1-5-6-15-26-19-23-29(24-20-26)32-30(31)28-21-17-27(18-22-28)16-13-11-9-7-8-10-12-14-25-33(2,3)4/h17-24H,5-16,25H2,1-4H3. The molecule has 0 saturated carbocycles. The highest BCUT2D eigenvalue weighted by Gasteiger charge is 2.11. The van der Waals surface area contributed by atoms with Crippen LogP contribution in [0.3, 0.4) is 0 Å². The molecule has 0 aromatic heterocycles. The molecular formula is C30H46O2Si. The first-order valence-electron chi connectivity index (χ1n) is 13.3. The van der Waals surface area contributed by atoms with Gasteiger partial charge in [-0.2, -0.15) is 0 Å². The maximum Gasteiger partial charge on any atom is 0.343 e. The Kier molecular flexibility index (Phi) is 12.5. The van der Waals surface area contributed by atoms with Crippen LogP contribution in [0.1, 0.15) is 92.6 Å². The summed E-state index contributed by atoms with van der Waals surface area (Å²) in [5.74, 6) is 0.327. The number of carbonyl (C=O) groups is 1. The van der Waals surface area contributed by atoms with E-state index < -0.39 is 8.07 Å². The number of hydrogen-bond acceptors (Lipinski definition) is 2. The van der Waals surface area contributed by atoms with Crippen molar-refractivity contribution in [1.29, 1.82) is 0 Å². The summed E-state index contributed by atoms with van der Waals surface area (Å²) in [6.07, 6.45) is 15.4. The fourth-order valence-corrected chi connectivity index (χ4v) is 5.43. The van der Waals surface area contributed by atoms with Crippen LogP contribution in [0, 0.1) is 0 Å². The van der Waals surface area contributed by atoms with Crippen LogP contribution in [0.4, 0.5) is 0 Å². The Morgan fingerprint density at radius 1 is 0.667 bits per heavy atom. The van der Waals surface area contributed by atoms with Crippen molar-refractivity contribution in [2.75, 3.05) is 0 Å². The molecule has 0 heterocycles. The van der Waals surface area contributed by atoms with E-state index in [0.29, 0.717) is 11.3 Å². The molecule has 0 N–H and O–H groups in total. The van der Waals surface area contributed by atoms with E-state index in [1.165, 1.54) is 81.4 Å². The molecule has 0 aliphatic heterocycles. The lowest BCUT2D eigenvalue weighted by Crippen LogP contribution is -2.18. The van der Waals surface area contributed by atoms with Gasteiger partial charge in [-0.3, -0.25) is 0 Å². The van der Waals surface area contributed by atoms with Gasteiger partial charge in [0.2, 0.25) is 0 Å². The summed E-state index contributed by atoms with van der Waals surface area (Å²) < 4.78 is 5.54. The van der Waals surface area contributed by atoms with Gasteiger partial charge in [0, 0.05) is 8.07 Å². The lowest BCUT2D eigenvalue weighted by atomic mass is 10.0. The van der Waals surface area contributed by atoms with Crippen molar-refractivity contribution in [1.82, 2.24) is 0 Å². The fraction of sp³-hybridized carbons (Fsp3) is 0.567. The molecule has 2 aromatic carbocycles. The molecule has 0 fully saturated rings. The molecule has 33 heavy (non-hydrogen) atoms. The molecule has 0 radical (unpaired) electrons. The van der Waals surface area contributed by atoms with Crippen LogP contribution in [0.25, 0.3) is 0 Å². The van der Waals surface area contributed by atoms with Crippen molar-refractivity contribution in [3.63, 3.8) is 0 Å². The summed E-state index contributed by atoms with van der Waals surface area (Å²) in [5, 5.41) is 0. The van der Waals surface area contributed by atoms with Crippen molar-refractivity contribution in [3.8, 4) is 5.75 Å². The van der Waals surface area contributed by atoms with Crippen molar-refractivity contribution >= 4 is 14.0 Å². The van der Waals surface area contributed by atoms with Crippen molar-refractivity contribution < 1.29 is 9.53 Å². The maximum atomic E-state index is 12.4. The van der Waals surface area contributed by atoms with Gasteiger partial charge in [-0.25, -0.2) is 4.79 Å². The second-order valence-corrected chi connectivity index (χ2v) is 16.3. The average molecular weight is 467 g/mol. The fourth-order valence-electron chi connectivity index (χ4n) is 4.12. The smallest absolute Gasteiger partial charge is 0.343 e. The third-order valence-corrected chi connectivity index (χ3v) is 8.14. The number of rotatable bonds is 16. The van der Waals surface area contributed by atoms with Crippen LogP contribution in [-0.2, 0) is 12.8 Å². The SMILES string of the molecule is CCCCc1ccc(OC(=O)c2ccc(CCCCCCCCCC[Si](C)(C)C)cc2)cc1. The molecule has 3 heteroatoms.